The van der Waals surface area contributed by atoms with Crippen molar-refractivity contribution in [3.8, 4) is 0 Å². The molecule has 5 nitrogen and oxygen atoms in total. The Hall–Kier alpha value is -2.01. The predicted octanol–water partition coefficient (Wildman–Crippen LogP) is 1.85. The molecule has 1 saturated carbocycles. The summed E-state index contributed by atoms with van der Waals surface area (Å²) in [5.74, 6) is -1.03. The first-order chi connectivity index (χ1) is 11.0. The van der Waals surface area contributed by atoms with Gasteiger partial charge in [0, 0.05) is 5.56 Å². The Labute approximate surface area is 136 Å². The van der Waals surface area contributed by atoms with Crippen molar-refractivity contribution in [2.45, 2.75) is 51.1 Å². The smallest absolute Gasteiger partial charge is 0.234 e. The van der Waals surface area contributed by atoms with Gasteiger partial charge in [-0.15, -0.1) is 0 Å². The van der Waals surface area contributed by atoms with Crippen LogP contribution < -0.4 is 11.1 Å². The highest BCUT2D eigenvalue weighted by Gasteiger charge is 2.34. The number of Topliss-reactive ketones (excluding diaryl/α,β-unsaturated/α-hetero) is 2. The number of carbonyl (C=O) groups excluding carboxylic acids is 3. The summed E-state index contributed by atoms with van der Waals surface area (Å²) in [6, 6.07) is 6.96. The number of nitrogens with two attached hydrogens (primary N) is 1. The van der Waals surface area contributed by atoms with Gasteiger partial charge in [-0.1, -0.05) is 49.6 Å². The number of hydrogen-bond donors (Lipinski definition) is 2. The number of benzene rings is 1. The van der Waals surface area contributed by atoms with E-state index in [1.165, 1.54) is 6.92 Å². The van der Waals surface area contributed by atoms with E-state index in [0.29, 0.717) is 5.56 Å². The predicted molar refractivity (Wildman–Crippen MR) is 87.9 cm³/mol. The van der Waals surface area contributed by atoms with E-state index >= 15 is 0 Å². The van der Waals surface area contributed by atoms with Gasteiger partial charge in [0.25, 0.3) is 0 Å². The SMILES string of the molecule is CC(=O)C(NC(C(N)=O)C1CCCCC1)C(=O)c1ccccc1. The second kappa shape index (κ2) is 8.02. The molecular formula is C18H24N2O3. The van der Waals surface area contributed by atoms with Crippen LogP contribution in [-0.2, 0) is 9.59 Å². The molecule has 1 aromatic carbocycles. The fourth-order valence-corrected chi connectivity index (χ4v) is 3.24. The standard InChI is InChI=1S/C18H24N2O3/c1-12(21)15(17(22)14-10-6-3-7-11-14)20-16(18(19)23)13-8-4-2-5-9-13/h3,6-7,10-11,13,15-16,20H,2,4-5,8-9H2,1H3,(H2,19,23). The van der Waals surface area contributed by atoms with Gasteiger partial charge in [0.15, 0.2) is 11.6 Å². The molecular weight excluding hydrogens is 292 g/mol. The zero-order chi connectivity index (χ0) is 16.8. The minimum atomic E-state index is -1.03. The van der Waals surface area contributed by atoms with Crippen LogP contribution in [0.5, 0.6) is 0 Å². The summed E-state index contributed by atoms with van der Waals surface area (Å²) in [5, 5.41) is 2.95. The maximum atomic E-state index is 12.6. The van der Waals surface area contributed by atoms with E-state index in [1.807, 2.05) is 0 Å². The third kappa shape index (κ3) is 4.48. The number of ketones is 2. The van der Waals surface area contributed by atoms with Crippen molar-refractivity contribution in [2.75, 3.05) is 0 Å². The van der Waals surface area contributed by atoms with E-state index in [-0.39, 0.29) is 17.5 Å². The Morgan fingerprint density at radius 3 is 2.22 bits per heavy atom. The molecule has 1 fully saturated rings. The summed E-state index contributed by atoms with van der Waals surface area (Å²) in [6.45, 7) is 1.36. The second-order valence-electron chi connectivity index (χ2n) is 6.22. The largest absolute Gasteiger partial charge is 0.368 e. The van der Waals surface area contributed by atoms with Gasteiger partial charge in [-0.25, -0.2) is 0 Å². The van der Waals surface area contributed by atoms with Gasteiger partial charge in [-0.05, 0) is 25.7 Å². The van der Waals surface area contributed by atoms with Crippen molar-refractivity contribution in [1.82, 2.24) is 5.32 Å². The highest BCUT2D eigenvalue weighted by atomic mass is 16.2. The van der Waals surface area contributed by atoms with Crippen LogP contribution in [0.15, 0.2) is 30.3 Å². The molecule has 1 aliphatic carbocycles. The topological polar surface area (TPSA) is 89.3 Å². The van der Waals surface area contributed by atoms with E-state index in [9.17, 15) is 14.4 Å². The Balaban J connectivity index is 2.17. The maximum absolute atomic E-state index is 12.6. The van der Waals surface area contributed by atoms with Gasteiger partial charge < -0.3 is 5.73 Å². The van der Waals surface area contributed by atoms with Crippen LogP contribution in [0.2, 0.25) is 0 Å². The molecule has 1 amide bonds. The fraction of sp³-hybridized carbons (Fsp3) is 0.500. The Bertz CT molecular complexity index is 565. The molecule has 5 heteroatoms. The molecule has 2 rings (SSSR count). The molecule has 3 N–H and O–H groups in total. The zero-order valence-electron chi connectivity index (χ0n) is 13.5. The van der Waals surface area contributed by atoms with Gasteiger partial charge in [-0.3, -0.25) is 19.7 Å². The maximum Gasteiger partial charge on any atom is 0.234 e. The number of nitrogens with one attached hydrogen (secondary N) is 1. The molecule has 0 saturated heterocycles. The summed E-state index contributed by atoms with van der Waals surface area (Å²) in [6.07, 6.45) is 5.04. The highest BCUT2D eigenvalue weighted by molar-refractivity contribution is 6.13. The van der Waals surface area contributed by atoms with Crippen LogP contribution in [0.25, 0.3) is 0 Å². The normalized spacial score (nSPS) is 18.1. The average molecular weight is 316 g/mol. The van der Waals surface area contributed by atoms with Crippen molar-refractivity contribution in [2.24, 2.45) is 11.7 Å². The van der Waals surface area contributed by atoms with E-state index in [1.54, 1.807) is 30.3 Å². The van der Waals surface area contributed by atoms with Crippen LogP contribution in [0.3, 0.4) is 0 Å². The Morgan fingerprint density at radius 1 is 1.09 bits per heavy atom. The summed E-state index contributed by atoms with van der Waals surface area (Å²) in [5.41, 5.74) is 5.98. The lowest BCUT2D eigenvalue weighted by Crippen LogP contribution is -2.55. The molecule has 2 unspecified atom stereocenters. The lowest BCUT2D eigenvalue weighted by molar-refractivity contribution is -0.122. The minimum absolute atomic E-state index is 0.0895. The first-order valence-corrected chi connectivity index (χ1v) is 8.15. The van der Waals surface area contributed by atoms with E-state index in [0.717, 1.165) is 32.1 Å². The van der Waals surface area contributed by atoms with Crippen LogP contribution in [0.4, 0.5) is 0 Å². The van der Waals surface area contributed by atoms with Gasteiger partial charge >= 0.3 is 0 Å². The van der Waals surface area contributed by atoms with Crippen molar-refractivity contribution < 1.29 is 14.4 Å². The molecule has 2 atom stereocenters. The number of hydrogen-bond acceptors (Lipinski definition) is 4. The van der Waals surface area contributed by atoms with Crippen LogP contribution in [-0.4, -0.2) is 29.6 Å². The number of primary amides is 1. The van der Waals surface area contributed by atoms with Crippen LogP contribution >= 0.6 is 0 Å². The van der Waals surface area contributed by atoms with E-state index in [4.69, 9.17) is 5.73 Å². The van der Waals surface area contributed by atoms with Crippen LogP contribution in [0.1, 0.15) is 49.4 Å². The summed E-state index contributed by atoms with van der Waals surface area (Å²) in [4.78, 5) is 36.4. The summed E-state index contributed by atoms with van der Waals surface area (Å²) >= 11 is 0. The molecule has 124 valence electrons. The quantitative estimate of drug-likeness (QED) is 0.593. The lowest BCUT2D eigenvalue weighted by Gasteiger charge is -2.31. The van der Waals surface area contributed by atoms with E-state index < -0.39 is 18.0 Å². The van der Waals surface area contributed by atoms with Crippen molar-refractivity contribution >= 4 is 17.5 Å². The summed E-state index contributed by atoms with van der Waals surface area (Å²) < 4.78 is 0. The van der Waals surface area contributed by atoms with Gasteiger partial charge in [0.2, 0.25) is 5.91 Å². The van der Waals surface area contributed by atoms with Gasteiger partial charge in [0.05, 0.1) is 6.04 Å². The molecule has 0 heterocycles. The molecule has 23 heavy (non-hydrogen) atoms. The molecule has 0 bridgehead atoms. The highest BCUT2D eigenvalue weighted by Crippen LogP contribution is 2.27. The minimum Gasteiger partial charge on any atom is -0.368 e. The monoisotopic (exact) mass is 316 g/mol. The molecule has 1 aliphatic rings. The fourth-order valence-electron chi connectivity index (χ4n) is 3.24. The van der Waals surface area contributed by atoms with Crippen molar-refractivity contribution in [3.05, 3.63) is 35.9 Å². The number of amides is 1. The molecule has 0 spiro atoms. The molecule has 0 aliphatic heterocycles. The lowest BCUT2D eigenvalue weighted by atomic mass is 9.83. The van der Waals surface area contributed by atoms with E-state index in [2.05, 4.69) is 5.32 Å². The van der Waals surface area contributed by atoms with Crippen molar-refractivity contribution in [1.29, 1.82) is 0 Å². The second-order valence-corrected chi connectivity index (χ2v) is 6.22. The third-order valence-electron chi connectivity index (χ3n) is 4.50. The van der Waals surface area contributed by atoms with Crippen LogP contribution in [0, 0.1) is 5.92 Å². The number of carbonyl (C=O) groups is 3. The number of rotatable bonds is 7. The summed E-state index contributed by atoms with van der Waals surface area (Å²) in [7, 11) is 0. The first-order valence-electron chi connectivity index (χ1n) is 8.15. The molecule has 0 radical (unpaired) electrons. The van der Waals surface area contributed by atoms with Crippen molar-refractivity contribution in [3.63, 3.8) is 0 Å². The average Bonchev–Trinajstić information content (AvgIpc) is 2.56. The first kappa shape index (κ1) is 17.3. The third-order valence-corrected chi connectivity index (χ3v) is 4.50. The molecule has 1 aromatic rings. The molecule has 0 aromatic heterocycles. The van der Waals surface area contributed by atoms with Gasteiger partial charge in [0.1, 0.15) is 6.04 Å². The zero-order valence-corrected chi connectivity index (χ0v) is 13.5. The van der Waals surface area contributed by atoms with Gasteiger partial charge in [-0.2, -0.15) is 0 Å². The Kier molecular flexibility index (Phi) is 6.04. The Morgan fingerprint density at radius 2 is 1.70 bits per heavy atom.